The molecule has 9 heteroatoms. The Bertz CT molecular complexity index is 602. The second-order valence-corrected chi connectivity index (χ2v) is 8.50. The third-order valence-corrected chi connectivity index (χ3v) is 4.56. The van der Waals surface area contributed by atoms with E-state index >= 15 is 0 Å². The molecule has 1 saturated heterocycles. The fourth-order valence-corrected chi connectivity index (χ4v) is 3.31. The molecular weight excluding hydrogens is 380 g/mol. The molecule has 1 fully saturated rings. The highest BCUT2D eigenvalue weighted by Gasteiger charge is 2.43. The molecule has 0 aromatic rings. The number of nitrogens with zero attached hydrogens (tertiary/aromatic N) is 1. The lowest BCUT2D eigenvalue weighted by Crippen LogP contribution is -2.55. The van der Waals surface area contributed by atoms with Crippen molar-refractivity contribution in [2.45, 2.75) is 77.4 Å². The summed E-state index contributed by atoms with van der Waals surface area (Å²) in [6.45, 7) is 12.6. The number of hydrogen-bond acceptors (Lipinski definition) is 6. The molecule has 0 unspecified atom stereocenters. The van der Waals surface area contributed by atoms with Gasteiger partial charge in [0.1, 0.15) is 17.7 Å². The van der Waals surface area contributed by atoms with Gasteiger partial charge in [0.05, 0.1) is 18.8 Å². The molecule has 0 saturated carbocycles. The summed E-state index contributed by atoms with van der Waals surface area (Å²) in [5.74, 6) is -2.13. The van der Waals surface area contributed by atoms with Crippen LogP contribution in [0.25, 0.3) is 0 Å². The first-order valence-corrected chi connectivity index (χ1v) is 9.79. The van der Waals surface area contributed by atoms with Gasteiger partial charge in [-0.05, 0) is 40.0 Å². The van der Waals surface area contributed by atoms with Crippen LogP contribution in [-0.2, 0) is 19.1 Å². The van der Waals surface area contributed by atoms with Gasteiger partial charge in [-0.25, -0.2) is 9.59 Å². The molecule has 0 bridgehead atoms. The first kappa shape index (κ1) is 24.9. The third kappa shape index (κ3) is 8.02. The van der Waals surface area contributed by atoms with Gasteiger partial charge < -0.3 is 29.9 Å². The van der Waals surface area contributed by atoms with Gasteiger partial charge in [-0.1, -0.05) is 13.0 Å². The van der Waals surface area contributed by atoms with Gasteiger partial charge in [0, 0.05) is 13.0 Å². The Morgan fingerprint density at radius 1 is 1.31 bits per heavy atom. The Morgan fingerprint density at radius 2 is 1.93 bits per heavy atom. The molecule has 1 aliphatic rings. The highest BCUT2D eigenvalue weighted by atomic mass is 16.6. The molecule has 9 nitrogen and oxygen atoms in total. The number of carboxylic acids is 1. The normalized spacial score (nSPS) is 22.5. The molecule has 29 heavy (non-hydrogen) atoms. The lowest BCUT2D eigenvalue weighted by Gasteiger charge is -2.32. The van der Waals surface area contributed by atoms with Crippen molar-refractivity contribution in [3.63, 3.8) is 0 Å². The molecule has 0 spiro atoms. The predicted octanol–water partition coefficient (Wildman–Crippen LogP) is 1.54. The first-order valence-electron chi connectivity index (χ1n) is 9.79. The van der Waals surface area contributed by atoms with Gasteiger partial charge in [0.2, 0.25) is 5.91 Å². The van der Waals surface area contributed by atoms with E-state index in [1.165, 1.54) is 0 Å². The SMILES string of the molecule is C=CCO[C@@H](C)C[C@@H](C)[C@H](NC(=O)OC(C)(C)C)C(=O)N1C[C@H](O)C[C@H]1C(=O)O. The monoisotopic (exact) mass is 414 g/mol. The highest BCUT2D eigenvalue weighted by molar-refractivity contribution is 5.90. The van der Waals surface area contributed by atoms with Crippen molar-refractivity contribution in [1.29, 1.82) is 0 Å². The van der Waals surface area contributed by atoms with Crippen LogP contribution >= 0.6 is 0 Å². The van der Waals surface area contributed by atoms with Crippen molar-refractivity contribution in [2.75, 3.05) is 13.2 Å². The zero-order chi connectivity index (χ0) is 22.4. The summed E-state index contributed by atoms with van der Waals surface area (Å²) in [5.41, 5.74) is -0.755. The number of carboxylic acid groups (broad SMARTS) is 1. The van der Waals surface area contributed by atoms with Crippen molar-refractivity contribution in [2.24, 2.45) is 5.92 Å². The maximum Gasteiger partial charge on any atom is 0.408 e. The van der Waals surface area contributed by atoms with Crippen LogP contribution in [0.2, 0.25) is 0 Å². The zero-order valence-corrected chi connectivity index (χ0v) is 17.9. The maximum absolute atomic E-state index is 13.2. The van der Waals surface area contributed by atoms with Crippen LogP contribution in [0.1, 0.15) is 47.5 Å². The Hall–Kier alpha value is -2.13. The third-order valence-electron chi connectivity index (χ3n) is 4.56. The number of carbonyl (C=O) groups excluding carboxylic acids is 2. The predicted molar refractivity (Wildman–Crippen MR) is 106 cm³/mol. The number of aliphatic hydroxyl groups excluding tert-OH is 1. The molecule has 0 aromatic carbocycles. The second-order valence-electron chi connectivity index (χ2n) is 8.50. The number of rotatable bonds is 9. The molecule has 1 rings (SSSR count). The minimum atomic E-state index is -1.19. The number of aliphatic carboxylic acids is 1. The van der Waals surface area contributed by atoms with Crippen LogP contribution < -0.4 is 5.32 Å². The lowest BCUT2D eigenvalue weighted by atomic mass is 9.94. The largest absolute Gasteiger partial charge is 0.480 e. The summed E-state index contributed by atoms with van der Waals surface area (Å²) in [4.78, 5) is 38.1. The summed E-state index contributed by atoms with van der Waals surface area (Å²) < 4.78 is 10.8. The summed E-state index contributed by atoms with van der Waals surface area (Å²) in [6, 6.07) is -2.16. The standard InChI is InChI=1S/C20H34N2O7/c1-7-8-28-13(3)9-12(2)16(21-19(27)29-20(4,5)6)17(24)22-11-14(23)10-15(22)18(25)26/h7,12-16,23H,1,8-11H2,2-6H3,(H,21,27)(H,25,26)/t12-,13+,14-,15+,16+/m1/s1. The van der Waals surface area contributed by atoms with E-state index in [1.807, 2.05) is 6.92 Å². The molecule has 1 aliphatic heterocycles. The number of carbonyl (C=O) groups is 3. The summed E-state index contributed by atoms with van der Waals surface area (Å²) >= 11 is 0. The van der Waals surface area contributed by atoms with E-state index in [0.717, 1.165) is 4.90 Å². The average molecular weight is 414 g/mol. The number of nitrogens with one attached hydrogen (secondary N) is 1. The highest BCUT2D eigenvalue weighted by Crippen LogP contribution is 2.23. The van der Waals surface area contributed by atoms with Crippen molar-refractivity contribution < 1.29 is 34.1 Å². The van der Waals surface area contributed by atoms with Gasteiger partial charge in [0.15, 0.2) is 0 Å². The molecule has 3 N–H and O–H groups in total. The van der Waals surface area contributed by atoms with Gasteiger partial charge in [0.25, 0.3) is 0 Å². The van der Waals surface area contributed by atoms with Crippen LogP contribution in [0.3, 0.4) is 0 Å². The summed E-state index contributed by atoms with van der Waals surface area (Å²) in [5, 5.41) is 21.9. The number of hydrogen-bond donors (Lipinski definition) is 3. The number of aliphatic hydroxyl groups is 1. The lowest BCUT2D eigenvalue weighted by molar-refractivity contribution is -0.149. The number of amides is 2. The van der Waals surface area contributed by atoms with Gasteiger partial charge in [-0.2, -0.15) is 0 Å². The second kappa shape index (κ2) is 10.6. The smallest absolute Gasteiger partial charge is 0.408 e. The van der Waals surface area contributed by atoms with E-state index in [0.29, 0.717) is 13.0 Å². The van der Waals surface area contributed by atoms with Gasteiger partial charge in [-0.3, -0.25) is 4.79 Å². The molecule has 0 aliphatic carbocycles. The number of alkyl carbamates (subject to hydrolysis) is 1. The minimum Gasteiger partial charge on any atom is -0.480 e. The Labute approximate surface area is 172 Å². The number of likely N-dealkylation sites (tertiary alicyclic amines) is 1. The van der Waals surface area contributed by atoms with Crippen LogP contribution in [0.5, 0.6) is 0 Å². The number of β-amino-alcohol motifs (C(OH)–C–C–N with tert-alkyl or cyclic N) is 1. The number of ether oxygens (including phenoxy) is 2. The minimum absolute atomic E-state index is 0.0482. The average Bonchev–Trinajstić information content (AvgIpc) is 2.97. The van der Waals surface area contributed by atoms with Crippen molar-refractivity contribution >= 4 is 18.0 Å². The zero-order valence-electron chi connectivity index (χ0n) is 17.9. The molecule has 1 heterocycles. The first-order chi connectivity index (χ1) is 13.4. The van der Waals surface area contributed by atoms with Gasteiger partial charge >= 0.3 is 12.1 Å². The van der Waals surface area contributed by atoms with E-state index < -0.39 is 41.8 Å². The Kier molecular flexibility index (Phi) is 9.10. The van der Waals surface area contributed by atoms with Crippen LogP contribution in [0.15, 0.2) is 12.7 Å². The van der Waals surface area contributed by atoms with E-state index in [2.05, 4.69) is 11.9 Å². The molecular formula is C20H34N2O7. The van der Waals surface area contributed by atoms with Crippen molar-refractivity contribution in [1.82, 2.24) is 10.2 Å². The Balaban J connectivity index is 3.01. The fourth-order valence-electron chi connectivity index (χ4n) is 3.31. The van der Waals surface area contributed by atoms with Crippen LogP contribution in [-0.4, -0.2) is 76.1 Å². The summed E-state index contributed by atoms with van der Waals surface area (Å²) in [7, 11) is 0. The van der Waals surface area contributed by atoms with Gasteiger partial charge in [-0.15, -0.1) is 6.58 Å². The van der Waals surface area contributed by atoms with Crippen molar-refractivity contribution in [3.05, 3.63) is 12.7 Å². The fraction of sp³-hybridized carbons (Fsp3) is 0.750. The quantitative estimate of drug-likeness (QED) is 0.489. The van der Waals surface area contributed by atoms with E-state index in [-0.39, 0.29) is 25.0 Å². The van der Waals surface area contributed by atoms with E-state index in [4.69, 9.17) is 9.47 Å². The molecule has 0 aromatic heterocycles. The van der Waals surface area contributed by atoms with E-state index in [9.17, 15) is 24.6 Å². The van der Waals surface area contributed by atoms with E-state index in [1.54, 1.807) is 33.8 Å². The molecule has 2 amide bonds. The molecule has 0 radical (unpaired) electrons. The Morgan fingerprint density at radius 3 is 2.45 bits per heavy atom. The maximum atomic E-state index is 13.2. The summed E-state index contributed by atoms with van der Waals surface area (Å²) in [6.07, 6.45) is 0.104. The molecule has 5 atom stereocenters. The van der Waals surface area contributed by atoms with Crippen molar-refractivity contribution in [3.8, 4) is 0 Å². The topological polar surface area (TPSA) is 125 Å². The van der Waals surface area contributed by atoms with Crippen LogP contribution in [0, 0.1) is 5.92 Å². The molecule has 166 valence electrons. The van der Waals surface area contributed by atoms with Crippen LogP contribution in [0.4, 0.5) is 4.79 Å².